The largest absolute Gasteiger partial charge is 0.483 e. The number of ether oxygens (including phenoxy) is 2. The lowest BCUT2D eigenvalue weighted by Crippen LogP contribution is -2.37. The van der Waals surface area contributed by atoms with Crippen LogP contribution in [-0.2, 0) is 32.2 Å². The third-order valence-corrected chi connectivity index (χ3v) is 7.23. The molecule has 0 saturated carbocycles. The number of fused-ring (bicyclic) bond motifs is 1. The summed E-state index contributed by atoms with van der Waals surface area (Å²) in [6.07, 6.45) is 0. The van der Waals surface area contributed by atoms with E-state index in [-0.39, 0.29) is 25.3 Å². The van der Waals surface area contributed by atoms with Crippen LogP contribution in [0.3, 0.4) is 0 Å². The van der Waals surface area contributed by atoms with Gasteiger partial charge in [0, 0.05) is 17.8 Å². The van der Waals surface area contributed by atoms with Crippen molar-refractivity contribution >= 4 is 40.2 Å². The number of carboxylic acids is 1. The molecule has 0 spiro atoms. The number of hydrogen-bond donors (Lipinski definition) is 2. The van der Waals surface area contributed by atoms with E-state index in [9.17, 15) is 24.3 Å². The minimum Gasteiger partial charge on any atom is -0.483 e. The number of hydrogen-bond acceptors (Lipinski definition) is 6. The highest BCUT2D eigenvalue weighted by Gasteiger charge is 2.25. The first-order valence-corrected chi connectivity index (χ1v) is 14.7. The van der Waals surface area contributed by atoms with Gasteiger partial charge in [0.2, 0.25) is 0 Å². The van der Waals surface area contributed by atoms with Crippen LogP contribution < -0.4 is 10.1 Å². The molecule has 5 aromatic rings. The van der Waals surface area contributed by atoms with Crippen LogP contribution in [0, 0.1) is 0 Å². The molecule has 0 aliphatic heterocycles. The first kappa shape index (κ1) is 31.5. The zero-order valence-corrected chi connectivity index (χ0v) is 25.1. The van der Waals surface area contributed by atoms with Crippen molar-refractivity contribution in [1.82, 2.24) is 4.90 Å². The van der Waals surface area contributed by atoms with Crippen molar-refractivity contribution in [2.24, 2.45) is 0 Å². The molecule has 0 aromatic heterocycles. The van der Waals surface area contributed by atoms with E-state index < -0.39 is 30.4 Å². The highest BCUT2D eigenvalue weighted by Crippen LogP contribution is 2.33. The zero-order valence-electron chi connectivity index (χ0n) is 25.1. The fraction of sp³-hybridized carbons (Fsp3) is 0.135. The third-order valence-electron chi connectivity index (χ3n) is 7.23. The average molecular weight is 617 g/mol. The van der Waals surface area contributed by atoms with Gasteiger partial charge in [0.1, 0.15) is 5.75 Å². The summed E-state index contributed by atoms with van der Waals surface area (Å²) in [4.78, 5) is 51.4. The van der Waals surface area contributed by atoms with Gasteiger partial charge in [-0.25, -0.2) is 9.59 Å². The Morgan fingerprint density at radius 2 is 1.52 bits per heavy atom. The SMILES string of the molecule is CCOC(=O)C(=O)N(Cc1ccccc1)Cc1ccc(-c2cccc3ccccc23)cc1OCC(=O)Nc1cccc(C(=O)O)c1. The molecule has 46 heavy (non-hydrogen) atoms. The molecule has 0 saturated heterocycles. The summed E-state index contributed by atoms with van der Waals surface area (Å²) >= 11 is 0. The minimum absolute atomic E-state index is 0.0000312. The second-order valence-corrected chi connectivity index (χ2v) is 10.4. The quantitative estimate of drug-likeness (QED) is 0.132. The Balaban J connectivity index is 1.47. The lowest BCUT2D eigenvalue weighted by molar-refractivity contribution is -0.160. The van der Waals surface area contributed by atoms with Crippen molar-refractivity contribution in [2.45, 2.75) is 20.0 Å². The van der Waals surface area contributed by atoms with Gasteiger partial charge in [-0.05, 0) is 58.7 Å². The normalized spacial score (nSPS) is 10.6. The van der Waals surface area contributed by atoms with Crippen LogP contribution in [0.2, 0.25) is 0 Å². The topological polar surface area (TPSA) is 122 Å². The van der Waals surface area contributed by atoms with Gasteiger partial charge < -0.3 is 24.8 Å². The van der Waals surface area contributed by atoms with Crippen molar-refractivity contribution in [3.05, 3.63) is 132 Å². The summed E-state index contributed by atoms with van der Waals surface area (Å²) in [5.74, 6) is -3.04. The van der Waals surface area contributed by atoms with E-state index in [0.717, 1.165) is 27.5 Å². The second kappa shape index (κ2) is 14.7. The van der Waals surface area contributed by atoms with E-state index in [0.29, 0.717) is 17.0 Å². The van der Waals surface area contributed by atoms with Gasteiger partial charge in [0.05, 0.1) is 18.7 Å². The van der Waals surface area contributed by atoms with Gasteiger partial charge in [0.15, 0.2) is 6.61 Å². The van der Waals surface area contributed by atoms with Crippen LogP contribution in [0.4, 0.5) is 5.69 Å². The molecule has 0 unspecified atom stereocenters. The summed E-state index contributed by atoms with van der Waals surface area (Å²) in [6.45, 7) is 1.44. The summed E-state index contributed by atoms with van der Waals surface area (Å²) in [7, 11) is 0. The molecule has 232 valence electrons. The van der Waals surface area contributed by atoms with Gasteiger partial charge in [-0.15, -0.1) is 0 Å². The van der Waals surface area contributed by atoms with Crippen LogP contribution in [0.5, 0.6) is 5.75 Å². The van der Waals surface area contributed by atoms with E-state index in [1.54, 1.807) is 13.0 Å². The maximum atomic E-state index is 13.2. The molecule has 0 radical (unpaired) electrons. The van der Waals surface area contributed by atoms with Crippen molar-refractivity contribution in [2.75, 3.05) is 18.5 Å². The van der Waals surface area contributed by atoms with Gasteiger partial charge in [-0.3, -0.25) is 9.59 Å². The number of benzene rings is 5. The lowest BCUT2D eigenvalue weighted by atomic mass is 9.97. The summed E-state index contributed by atoms with van der Waals surface area (Å²) in [5.41, 5.74) is 3.52. The van der Waals surface area contributed by atoms with Crippen LogP contribution >= 0.6 is 0 Å². The van der Waals surface area contributed by atoms with Crippen LogP contribution in [0.15, 0.2) is 115 Å². The third kappa shape index (κ3) is 7.75. The molecular formula is C37H32N2O7. The maximum Gasteiger partial charge on any atom is 0.397 e. The van der Waals surface area contributed by atoms with Gasteiger partial charge in [-0.2, -0.15) is 0 Å². The van der Waals surface area contributed by atoms with Gasteiger partial charge in [0.25, 0.3) is 5.91 Å². The average Bonchev–Trinajstić information content (AvgIpc) is 3.07. The minimum atomic E-state index is -1.11. The molecule has 5 rings (SSSR count). The van der Waals surface area contributed by atoms with Gasteiger partial charge >= 0.3 is 17.8 Å². The molecular weight excluding hydrogens is 584 g/mol. The maximum absolute atomic E-state index is 13.2. The number of rotatable bonds is 11. The molecule has 2 N–H and O–H groups in total. The number of carboxylic acid groups (broad SMARTS) is 1. The molecule has 0 bridgehead atoms. The van der Waals surface area contributed by atoms with E-state index in [1.165, 1.54) is 23.1 Å². The molecule has 9 heteroatoms. The van der Waals surface area contributed by atoms with Crippen LogP contribution in [0.25, 0.3) is 21.9 Å². The molecule has 0 atom stereocenters. The summed E-state index contributed by atoms with van der Waals surface area (Å²) in [6, 6.07) is 34.7. The van der Waals surface area contributed by atoms with Crippen LogP contribution in [-0.4, -0.2) is 47.0 Å². The van der Waals surface area contributed by atoms with Crippen molar-refractivity contribution < 1.29 is 33.8 Å². The van der Waals surface area contributed by atoms with Crippen molar-refractivity contribution in [3.8, 4) is 16.9 Å². The Kier molecular flexibility index (Phi) is 10.0. The molecule has 0 aliphatic carbocycles. The predicted octanol–water partition coefficient (Wildman–Crippen LogP) is 6.31. The Hall–Kier alpha value is -5.96. The van der Waals surface area contributed by atoms with Crippen molar-refractivity contribution in [3.63, 3.8) is 0 Å². The smallest absolute Gasteiger partial charge is 0.397 e. The Morgan fingerprint density at radius 3 is 2.30 bits per heavy atom. The number of anilines is 1. The van der Waals surface area contributed by atoms with E-state index in [2.05, 4.69) is 5.32 Å². The second-order valence-electron chi connectivity index (χ2n) is 10.4. The number of nitrogens with one attached hydrogen (secondary N) is 1. The summed E-state index contributed by atoms with van der Waals surface area (Å²) < 4.78 is 11.1. The molecule has 0 fully saturated rings. The molecule has 0 heterocycles. The van der Waals surface area contributed by atoms with Crippen LogP contribution in [0.1, 0.15) is 28.4 Å². The monoisotopic (exact) mass is 616 g/mol. The molecule has 9 nitrogen and oxygen atoms in total. The van der Waals surface area contributed by atoms with Crippen molar-refractivity contribution in [1.29, 1.82) is 0 Å². The standard InChI is InChI=1S/C37H32N2O7/c1-2-45-37(44)35(41)39(22-25-10-4-3-5-11-25)23-29-19-18-27(32-17-9-13-26-12-6-7-16-31(26)32)21-33(29)46-24-34(40)38-30-15-8-14-28(20-30)36(42)43/h3-21H,2,22-24H2,1H3,(H,38,40)(H,42,43). The predicted molar refractivity (Wildman–Crippen MR) is 174 cm³/mol. The summed E-state index contributed by atoms with van der Waals surface area (Å²) in [5, 5.41) is 14.0. The Bertz CT molecular complexity index is 1880. The molecule has 0 aliphatic rings. The fourth-order valence-electron chi connectivity index (χ4n) is 5.07. The molecule has 5 aromatic carbocycles. The number of nitrogens with zero attached hydrogens (tertiary/aromatic N) is 1. The number of aromatic carboxylic acids is 1. The fourth-order valence-corrected chi connectivity index (χ4v) is 5.07. The lowest BCUT2D eigenvalue weighted by Gasteiger charge is -2.24. The van der Waals surface area contributed by atoms with E-state index in [1.807, 2.05) is 91.0 Å². The number of carbonyl (C=O) groups is 4. The van der Waals surface area contributed by atoms with E-state index in [4.69, 9.17) is 9.47 Å². The first-order chi connectivity index (χ1) is 22.3. The number of esters is 1. The highest BCUT2D eigenvalue weighted by molar-refractivity contribution is 6.32. The first-order valence-electron chi connectivity index (χ1n) is 14.7. The molecule has 2 amide bonds. The highest BCUT2D eigenvalue weighted by atomic mass is 16.5. The number of amides is 2. The number of carbonyl (C=O) groups excluding carboxylic acids is 3. The zero-order chi connectivity index (χ0) is 32.5. The Labute approximate surface area is 266 Å². The Morgan fingerprint density at radius 1 is 0.783 bits per heavy atom. The van der Waals surface area contributed by atoms with E-state index >= 15 is 0 Å². The van der Waals surface area contributed by atoms with Gasteiger partial charge in [-0.1, -0.05) is 91.0 Å².